The Kier molecular flexibility index (Phi) is 4.83. The molecule has 6 heteroatoms. The SMILES string of the molecule is CC(C)CCn1cc(C=C(F)B2OC(C)(C)C(C)(C)O2)cn1. The fourth-order valence-electron chi connectivity index (χ4n) is 2.15. The number of nitrogens with zero attached hydrogens (tertiary/aromatic N) is 2. The summed E-state index contributed by atoms with van der Waals surface area (Å²) in [5.41, 5.74) is -0.785. The lowest BCUT2D eigenvalue weighted by molar-refractivity contribution is 0.00578. The molecular formula is C16H26BFN2O2. The second kappa shape index (κ2) is 6.16. The van der Waals surface area contributed by atoms with Crippen molar-refractivity contribution < 1.29 is 13.7 Å². The van der Waals surface area contributed by atoms with Crippen LogP contribution in [0.3, 0.4) is 0 Å². The molecule has 1 fully saturated rings. The Morgan fingerprint density at radius 2 is 1.91 bits per heavy atom. The van der Waals surface area contributed by atoms with Crippen molar-refractivity contribution in [3.63, 3.8) is 0 Å². The lowest BCUT2D eigenvalue weighted by Gasteiger charge is -2.32. The minimum absolute atomic E-state index is 0.429. The van der Waals surface area contributed by atoms with E-state index in [0.717, 1.165) is 18.5 Å². The number of hydrogen-bond acceptors (Lipinski definition) is 3. The summed E-state index contributed by atoms with van der Waals surface area (Å²) in [4.78, 5) is 0. The average molecular weight is 308 g/mol. The van der Waals surface area contributed by atoms with Gasteiger partial charge in [0.1, 0.15) is 5.73 Å². The molecule has 0 bridgehead atoms. The van der Waals surface area contributed by atoms with Crippen LogP contribution in [0.4, 0.5) is 4.39 Å². The zero-order valence-electron chi connectivity index (χ0n) is 14.4. The Balaban J connectivity index is 2.04. The molecule has 2 rings (SSSR count). The quantitative estimate of drug-likeness (QED) is 0.775. The third kappa shape index (κ3) is 3.79. The minimum Gasteiger partial charge on any atom is -0.398 e. The number of halogens is 1. The van der Waals surface area contributed by atoms with E-state index in [1.54, 1.807) is 6.20 Å². The third-order valence-electron chi connectivity index (χ3n) is 4.37. The molecule has 1 aromatic rings. The second-order valence-electron chi connectivity index (χ2n) is 7.34. The molecule has 0 aliphatic carbocycles. The summed E-state index contributed by atoms with van der Waals surface area (Å²) in [6.45, 7) is 12.8. The van der Waals surface area contributed by atoms with Crippen molar-refractivity contribution >= 4 is 13.2 Å². The minimum atomic E-state index is -0.955. The van der Waals surface area contributed by atoms with Gasteiger partial charge in [-0.25, -0.2) is 4.39 Å². The van der Waals surface area contributed by atoms with Gasteiger partial charge in [0.15, 0.2) is 0 Å². The monoisotopic (exact) mass is 308 g/mol. The summed E-state index contributed by atoms with van der Waals surface area (Å²) in [7, 11) is -0.955. The van der Waals surface area contributed by atoms with Crippen LogP contribution in [0.2, 0.25) is 0 Å². The van der Waals surface area contributed by atoms with E-state index < -0.39 is 24.0 Å². The Morgan fingerprint density at radius 3 is 2.45 bits per heavy atom. The molecule has 0 saturated carbocycles. The van der Waals surface area contributed by atoms with Crippen LogP contribution in [-0.4, -0.2) is 28.1 Å². The van der Waals surface area contributed by atoms with Gasteiger partial charge in [-0.2, -0.15) is 5.10 Å². The summed E-state index contributed by atoms with van der Waals surface area (Å²) in [6.07, 6.45) is 5.98. The van der Waals surface area contributed by atoms with Gasteiger partial charge in [0, 0.05) is 18.3 Å². The van der Waals surface area contributed by atoms with Crippen molar-refractivity contribution in [1.82, 2.24) is 9.78 Å². The summed E-state index contributed by atoms with van der Waals surface area (Å²) < 4.78 is 27.6. The molecule has 22 heavy (non-hydrogen) atoms. The second-order valence-corrected chi connectivity index (χ2v) is 7.34. The molecule has 1 aliphatic heterocycles. The van der Waals surface area contributed by atoms with Crippen molar-refractivity contribution in [2.24, 2.45) is 5.92 Å². The molecule has 122 valence electrons. The van der Waals surface area contributed by atoms with Gasteiger partial charge < -0.3 is 9.31 Å². The maximum Gasteiger partial charge on any atom is 0.525 e. The van der Waals surface area contributed by atoms with Crippen LogP contribution in [0.1, 0.15) is 53.5 Å². The maximum atomic E-state index is 14.4. The Morgan fingerprint density at radius 1 is 1.32 bits per heavy atom. The Hall–Kier alpha value is -1.14. The number of aryl methyl sites for hydroxylation is 1. The number of rotatable bonds is 5. The molecule has 0 spiro atoms. The van der Waals surface area contributed by atoms with Crippen LogP contribution in [0.5, 0.6) is 0 Å². The first-order valence-corrected chi connectivity index (χ1v) is 7.86. The Bertz CT molecular complexity index is 536. The van der Waals surface area contributed by atoms with Crippen LogP contribution >= 0.6 is 0 Å². The topological polar surface area (TPSA) is 36.3 Å². The summed E-state index contributed by atoms with van der Waals surface area (Å²) in [5.74, 6) is 0.615. The van der Waals surface area contributed by atoms with Crippen LogP contribution < -0.4 is 0 Å². The van der Waals surface area contributed by atoms with Gasteiger partial charge in [-0.3, -0.25) is 4.68 Å². The van der Waals surface area contributed by atoms with Crippen molar-refractivity contribution in [2.45, 2.75) is 65.7 Å². The molecule has 1 aromatic heterocycles. The van der Waals surface area contributed by atoms with Gasteiger partial charge in [0.25, 0.3) is 0 Å². The molecule has 1 aliphatic rings. The van der Waals surface area contributed by atoms with Gasteiger partial charge >= 0.3 is 7.12 Å². The highest BCUT2D eigenvalue weighted by molar-refractivity contribution is 6.54. The summed E-state index contributed by atoms with van der Waals surface area (Å²) >= 11 is 0. The van der Waals surface area contributed by atoms with Crippen molar-refractivity contribution in [3.8, 4) is 0 Å². The van der Waals surface area contributed by atoms with Gasteiger partial charge in [0.05, 0.1) is 17.4 Å². The van der Waals surface area contributed by atoms with Gasteiger partial charge in [-0.1, -0.05) is 13.8 Å². The molecule has 0 amide bonds. The fourth-order valence-corrected chi connectivity index (χ4v) is 2.15. The van der Waals surface area contributed by atoms with E-state index in [1.807, 2.05) is 38.6 Å². The lowest BCUT2D eigenvalue weighted by Crippen LogP contribution is -2.41. The molecular weight excluding hydrogens is 282 g/mol. The highest BCUT2D eigenvalue weighted by atomic mass is 19.1. The summed E-state index contributed by atoms with van der Waals surface area (Å²) in [5, 5.41) is 4.25. The third-order valence-corrected chi connectivity index (χ3v) is 4.37. The smallest absolute Gasteiger partial charge is 0.398 e. The first-order chi connectivity index (χ1) is 10.1. The molecule has 0 atom stereocenters. The molecule has 4 nitrogen and oxygen atoms in total. The molecule has 0 aromatic carbocycles. The zero-order chi connectivity index (χ0) is 16.5. The van der Waals surface area contributed by atoms with Gasteiger partial charge in [0.2, 0.25) is 0 Å². The van der Waals surface area contributed by atoms with E-state index in [4.69, 9.17) is 9.31 Å². The van der Waals surface area contributed by atoms with Gasteiger partial charge in [-0.05, 0) is 46.1 Å². The van der Waals surface area contributed by atoms with Crippen molar-refractivity contribution in [2.75, 3.05) is 0 Å². The first kappa shape index (κ1) is 17.2. The molecule has 0 N–H and O–H groups in total. The maximum absolute atomic E-state index is 14.4. The summed E-state index contributed by atoms with van der Waals surface area (Å²) in [6, 6.07) is 0. The lowest BCUT2D eigenvalue weighted by atomic mass is 9.87. The fraction of sp³-hybridized carbons (Fsp3) is 0.688. The first-order valence-electron chi connectivity index (χ1n) is 7.86. The van der Waals surface area contributed by atoms with E-state index in [0.29, 0.717) is 5.92 Å². The van der Waals surface area contributed by atoms with E-state index in [9.17, 15) is 4.39 Å². The molecule has 2 heterocycles. The van der Waals surface area contributed by atoms with E-state index >= 15 is 0 Å². The highest BCUT2D eigenvalue weighted by Crippen LogP contribution is 2.39. The Labute approximate surface area is 132 Å². The van der Waals surface area contributed by atoms with Crippen molar-refractivity contribution in [3.05, 3.63) is 23.7 Å². The van der Waals surface area contributed by atoms with E-state index in [1.165, 1.54) is 6.08 Å². The van der Waals surface area contributed by atoms with E-state index in [-0.39, 0.29) is 0 Å². The predicted molar refractivity (Wildman–Crippen MR) is 86.8 cm³/mol. The number of aromatic nitrogens is 2. The van der Waals surface area contributed by atoms with Gasteiger partial charge in [-0.15, -0.1) is 0 Å². The predicted octanol–water partition coefficient (Wildman–Crippen LogP) is 3.87. The molecule has 0 unspecified atom stereocenters. The standard InChI is InChI=1S/C16H26BFN2O2/c1-12(2)7-8-20-11-13(10-19-20)9-14(18)17-21-15(3,4)16(5,6)22-17/h9-12H,7-8H2,1-6H3. The normalized spacial score (nSPS) is 20.9. The highest BCUT2D eigenvalue weighted by Gasteiger charge is 2.53. The average Bonchev–Trinajstić information content (AvgIpc) is 2.90. The number of hydrogen-bond donors (Lipinski definition) is 0. The van der Waals surface area contributed by atoms with E-state index in [2.05, 4.69) is 18.9 Å². The molecule has 0 radical (unpaired) electrons. The zero-order valence-corrected chi connectivity index (χ0v) is 14.4. The van der Waals surface area contributed by atoms with Crippen LogP contribution in [0.25, 0.3) is 6.08 Å². The largest absolute Gasteiger partial charge is 0.525 e. The van der Waals surface area contributed by atoms with Crippen molar-refractivity contribution in [1.29, 1.82) is 0 Å². The van der Waals surface area contributed by atoms with Crippen LogP contribution in [0, 0.1) is 5.92 Å². The molecule has 1 saturated heterocycles. The van der Waals surface area contributed by atoms with Crippen LogP contribution in [0.15, 0.2) is 18.1 Å². The van der Waals surface area contributed by atoms with Crippen LogP contribution in [-0.2, 0) is 15.9 Å².